The first kappa shape index (κ1) is 20.6. The highest BCUT2D eigenvalue weighted by molar-refractivity contribution is 7.89. The Labute approximate surface area is 165 Å². The Kier molecular flexibility index (Phi) is 6.26. The van der Waals surface area contributed by atoms with Crippen molar-refractivity contribution in [1.82, 2.24) is 19.2 Å². The number of nitrogens with zero attached hydrogens (tertiary/aromatic N) is 5. The summed E-state index contributed by atoms with van der Waals surface area (Å²) in [6.45, 7) is 2.21. The van der Waals surface area contributed by atoms with E-state index < -0.39 is 15.8 Å². The minimum Gasteiger partial charge on any atom is -0.363 e. The first-order valence-corrected chi connectivity index (χ1v) is 10.6. The second-order valence-corrected chi connectivity index (χ2v) is 9.35. The summed E-state index contributed by atoms with van der Waals surface area (Å²) < 4.78 is 40.8. The summed E-state index contributed by atoms with van der Waals surface area (Å²) in [7, 11) is 2.16. The summed E-state index contributed by atoms with van der Waals surface area (Å²) in [6.07, 6.45) is 2.20. The number of hydrogen-bond donors (Lipinski definition) is 0. The molecule has 3 rings (SSSR count). The summed E-state index contributed by atoms with van der Waals surface area (Å²) in [5.74, 6) is 0.461. The van der Waals surface area contributed by atoms with Gasteiger partial charge in [0.25, 0.3) is 0 Å². The Balaban J connectivity index is 1.81. The van der Waals surface area contributed by atoms with Crippen molar-refractivity contribution < 1.29 is 12.8 Å². The third-order valence-electron chi connectivity index (χ3n) is 4.88. The minimum absolute atomic E-state index is 0.0904. The smallest absolute Gasteiger partial charge is 0.243 e. The summed E-state index contributed by atoms with van der Waals surface area (Å²) in [4.78, 5) is 12.8. The highest BCUT2D eigenvalue weighted by Gasteiger charge is 2.30. The predicted molar refractivity (Wildman–Crippen MR) is 106 cm³/mol. The van der Waals surface area contributed by atoms with Crippen LogP contribution in [0.1, 0.15) is 5.69 Å². The van der Waals surface area contributed by atoms with Crippen LogP contribution in [-0.2, 0) is 16.4 Å². The topological polar surface area (TPSA) is 69.6 Å². The van der Waals surface area contributed by atoms with Gasteiger partial charge < -0.3 is 9.80 Å². The van der Waals surface area contributed by atoms with E-state index in [2.05, 4.69) is 14.9 Å². The molecule has 0 aliphatic carbocycles. The molecule has 1 fully saturated rings. The molecule has 152 valence electrons. The average molecular weight is 408 g/mol. The molecule has 0 bridgehead atoms. The van der Waals surface area contributed by atoms with Crippen LogP contribution in [0.2, 0.25) is 0 Å². The molecular formula is C19H26FN5O2S. The van der Waals surface area contributed by atoms with Crippen LogP contribution in [0.4, 0.5) is 10.2 Å². The molecule has 0 amide bonds. The molecule has 1 unspecified atom stereocenters. The van der Waals surface area contributed by atoms with Crippen LogP contribution in [0.25, 0.3) is 0 Å². The second-order valence-electron chi connectivity index (χ2n) is 7.41. The Morgan fingerprint density at radius 1 is 1.14 bits per heavy atom. The Bertz CT molecular complexity index is 905. The van der Waals surface area contributed by atoms with Crippen molar-refractivity contribution in [2.75, 3.05) is 52.2 Å². The standard InChI is InChI=1S/C19H26FN5O2S/c1-23(2)19-11-17(21-14-22-19)10-15-12-24(3)8-9-25(13-15)28(26,27)18-6-4-16(20)5-7-18/h4-7,11,14-15H,8-10,12-13H2,1-3H3. The largest absolute Gasteiger partial charge is 0.363 e. The van der Waals surface area contributed by atoms with Crippen molar-refractivity contribution in [2.45, 2.75) is 11.3 Å². The van der Waals surface area contributed by atoms with Crippen molar-refractivity contribution in [3.05, 3.63) is 48.2 Å². The molecule has 28 heavy (non-hydrogen) atoms. The maximum Gasteiger partial charge on any atom is 0.243 e. The molecule has 1 aromatic heterocycles. The number of sulfonamides is 1. The van der Waals surface area contributed by atoms with E-state index in [0.717, 1.165) is 18.1 Å². The molecule has 1 atom stereocenters. The van der Waals surface area contributed by atoms with Crippen LogP contribution >= 0.6 is 0 Å². The Hall–Kier alpha value is -2.10. The van der Waals surface area contributed by atoms with Crippen LogP contribution in [0.15, 0.2) is 41.6 Å². The number of anilines is 1. The Morgan fingerprint density at radius 2 is 1.86 bits per heavy atom. The van der Waals surface area contributed by atoms with Gasteiger partial charge in [-0.25, -0.2) is 22.8 Å². The fourth-order valence-corrected chi connectivity index (χ4v) is 4.90. The fraction of sp³-hybridized carbons (Fsp3) is 0.474. The van der Waals surface area contributed by atoms with E-state index in [9.17, 15) is 12.8 Å². The maximum atomic E-state index is 13.2. The van der Waals surface area contributed by atoms with Crippen molar-refractivity contribution in [2.24, 2.45) is 5.92 Å². The number of halogens is 1. The van der Waals surface area contributed by atoms with Gasteiger partial charge in [0.2, 0.25) is 10.0 Å². The zero-order valence-electron chi connectivity index (χ0n) is 16.4. The van der Waals surface area contributed by atoms with Gasteiger partial charge in [-0.15, -0.1) is 0 Å². The van der Waals surface area contributed by atoms with Crippen molar-refractivity contribution in [3.63, 3.8) is 0 Å². The van der Waals surface area contributed by atoms with E-state index in [1.807, 2.05) is 32.1 Å². The lowest BCUT2D eigenvalue weighted by molar-refractivity contribution is 0.307. The lowest BCUT2D eigenvalue weighted by Gasteiger charge is -2.24. The summed E-state index contributed by atoms with van der Waals surface area (Å²) in [5.41, 5.74) is 0.887. The van der Waals surface area contributed by atoms with E-state index in [1.165, 1.54) is 34.9 Å². The average Bonchev–Trinajstić information content (AvgIpc) is 2.84. The highest BCUT2D eigenvalue weighted by Crippen LogP contribution is 2.22. The third-order valence-corrected chi connectivity index (χ3v) is 6.76. The van der Waals surface area contributed by atoms with Gasteiger partial charge in [0.1, 0.15) is 18.0 Å². The summed E-state index contributed by atoms with van der Waals surface area (Å²) in [6, 6.07) is 6.93. The van der Waals surface area contributed by atoms with Crippen molar-refractivity contribution in [3.8, 4) is 0 Å². The van der Waals surface area contributed by atoms with E-state index in [1.54, 1.807) is 0 Å². The molecule has 1 aromatic carbocycles. The van der Waals surface area contributed by atoms with Gasteiger partial charge in [0.15, 0.2) is 0 Å². The number of aromatic nitrogens is 2. The van der Waals surface area contributed by atoms with Crippen LogP contribution in [0.3, 0.4) is 0 Å². The fourth-order valence-electron chi connectivity index (χ4n) is 3.39. The monoisotopic (exact) mass is 407 g/mol. The van der Waals surface area contributed by atoms with E-state index in [-0.39, 0.29) is 10.8 Å². The summed E-state index contributed by atoms with van der Waals surface area (Å²) >= 11 is 0. The quantitative estimate of drug-likeness (QED) is 0.748. The first-order chi connectivity index (χ1) is 13.3. The maximum absolute atomic E-state index is 13.2. The molecule has 0 saturated carbocycles. The first-order valence-electron chi connectivity index (χ1n) is 9.18. The molecular weight excluding hydrogens is 381 g/mol. The Morgan fingerprint density at radius 3 is 2.54 bits per heavy atom. The van der Waals surface area contributed by atoms with E-state index >= 15 is 0 Å². The molecule has 0 spiro atoms. The lowest BCUT2D eigenvalue weighted by Crippen LogP contribution is -2.36. The van der Waals surface area contributed by atoms with Gasteiger partial charge in [0.05, 0.1) is 4.90 Å². The van der Waals surface area contributed by atoms with E-state index in [4.69, 9.17) is 0 Å². The molecule has 9 heteroatoms. The molecule has 0 N–H and O–H groups in total. The molecule has 0 radical (unpaired) electrons. The summed E-state index contributed by atoms with van der Waals surface area (Å²) in [5, 5.41) is 0. The molecule has 1 aliphatic heterocycles. The normalized spacial score (nSPS) is 19.4. The SMILES string of the molecule is CN1CCN(S(=O)(=O)c2ccc(F)cc2)CC(Cc2cc(N(C)C)ncn2)C1. The van der Waals surface area contributed by atoms with Gasteiger partial charge >= 0.3 is 0 Å². The zero-order valence-corrected chi connectivity index (χ0v) is 17.2. The number of benzene rings is 1. The molecule has 1 aliphatic rings. The number of likely N-dealkylation sites (N-methyl/N-ethyl adjacent to an activating group) is 1. The predicted octanol–water partition coefficient (Wildman–Crippen LogP) is 1.48. The van der Waals surface area contributed by atoms with Gasteiger partial charge in [-0.1, -0.05) is 0 Å². The molecule has 2 heterocycles. The van der Waals surface area contributed by atoms with Crippen LogP contribution in [0, 0.1) is 11.7 Å². The molecule has 7 nitrogen and oxygen atoms in total. The van der Waals surface area contributed by atoms with Crippen LogP contribution < -0.4 is 4.90 Å². The number of hydrogen-bond acceptors (Lipinski definition) is 6. The molecule has 2 aromatic rings. The van der Waals surface area contributed by atoms with Gasteiger partial charge in [-0.2, -0.15) is 4.31 Å². The highest BCUT2D eigenvalue weighted by atomic mass is 32.2. The minimum atomic E-state index is -3.67. The van der Waals surface area contributed by atoms with Crippen molar-refractivity contribution >= 4 is 15.8 Å². The zero-order chi connectivity index (χ0) is 20.3. The van der Waals surface area contributed by atoms with Crippen LogP contribution in [-0.4, -0.2) is 74.9 Å². The van der Waals surface area contributed by atoms with Gasteiger partial charge in [-0.05, 0) is 43.7 Å². The lowest BCUT2D eigenvalue weighted by atomic mass is 10.0. The second kappa shape index (κ2) is 8.50. The van der Waals surface area contributed by atoms with Gasteiger partial charge in [-0.3, -0.25) is 0 Å². The van der Waals surface area contributed by atoms with Crippen LogP contribution in [0.5, 0.6) is 0 Å². The van der Waals surface area contributed by atoms with Crippen molar-refractivity contribution in [1.29, 1.82) is 0 Å². The third kappa shape index (κ3) is 4.84. The number of rotatable bonds is 5. The molecule has 1 saturated heterocycles. The van der Waals surface area contributed by atoms with Gasteiger partial charge in [0, 0.05) is 52.0 Å². The van der Waals surface area contributed by atoms with E-state index in [0.29, 0.717) is 26.1 Å².